The number of hydrogen-bond donors (Lipinski definition) is 1. The molecule has 0 heterocycles. The number of hydrogen-bond acceptors (Lipinski definition) is 2. The van der Waals surface area contributed by atoms with Crippen molar-refractivity contribution in [3.05, 3.63) is 34.9 Å². The Morgan fingerprint density at radius 3 is 2.87 bits per heavy atom. The maximum atomic E-state index is 6.32. The summed E-state index contributed by atoms with van der Waals surface area (Å²) in [4.78, 5) is 0. The van der Waals surface area contributed by atoms with Crippen molar-refractivity contribution in [1.82, 2.24) is 0 Å². The summed E-state index contributed by atoms with van der Waals surface area (Å²) in [5, 5.41) is 0. The number of fused-ring (bicyclic) bond motifs is 1. The lowest BCUT2D eigenvalue weighted by Crippen LogP contribution is -2.32. The molecule has 0 bridgehead atoms. The van der Waals surface area contributed by atoms with Crippen LogP contribution in [0.1, 0.15) is 75.0 Å². The number of nitrogens with two attached hydrogens (primary N) is 1. The van der Waals surface area contributed by atoms with E-state index < -0.39 is 0 Å². The Kier molecular flexibility index (Phi) is 5.43. The summed E-state index contributed by atoms with van der Waals surface area (Å²) in [6.45, 7) is 6.06. The molecule has 0 spiro atoms. The van der Waals surface area contributed by atoms with Gasteiger partial charge in [0.1, 0.15) is 0 Å². The summed E-state index contributed by atoms with van der Waals surface area (Å²) in [5.74, 6) is 1.53. The summed E-state index contributed by atoms with van der Waals surface area (Å²) < 4.78 is 5.47. The molecule has 0 saturated heterocycles. The van der Waals surface area contributed by atoms with E-state index in [0.717, 1.165) is 32.0 Å². The van der Waals surface area contributed by atoms with Crippen molar-refractivity contribution in [3.63, 3.8) is 0 Å². The lowest BCUT2D eigenvalue weighted by Gasteiger charge is -2.26. The molecular formula is C21H33NO. The van der Waals surface area contributed by atoms with Gasteiger partial charge < -0.3 is 10.5 Å². The van der Waals surface area contributed by atoms with Crippen molar-refractivity contribution < 1.29 is 4.74 Å². The molecule has 2 heteroatoms. The molecule has 1 fully saturated rings. The molecule has 0 unspecified atom stereocenters. The van der Waals surface area contributed by atoms with Gasteiger partial charge in [-0.3, -0.25) is 0 Å². The van der Waals surface area contributed by atoms with Crippen molar-refractivity contribution in [3.8, 4) is 0 Å². The molecule has 0 aromatic heterocycles. The molecule has 23 heavy (non-hydrogen) atoms. The minimum absolute atomic E-state index is 0.0478. The fraction of sp³-hybridized carbons (Fsp3) is 0.714. The van der Waals surface area contributed by atoms with E-state index in [2.05, 4.69) is 32.0 Å². The molecule has 3 rings (SSSR count). The third-order valence-electron chi connectivity index (χ3n) is 5.91. The molecule has 3 atom stereocenters. The van der Waals surface area contributed by atoms with E-state index >= 15 is 0 Å². The Morgan fingerprint density at radius 1 is 1.26 bits per heavy atom. The highest BCUT2D eigenvalue weighted by atomic mass is 16.5. The molecular weight excluding hydrogens is 282 g/mol. The fourth-order valence-corrected chi connectivity index (χ4v) is 4.52. The molecule has 0 amide bonds. The van der Waals surface area contributed by atoms with Crippen molar-refractivity contribution in [2.75, 3.05) is 13.2 Å². The molecule has 1 aromatic carbocycles. The zero-order valence-electron chi connectivity index (χ0n) is 14.9. The largest absolute Gasteiger partial charge is 0.382 e. The van der Waals surface area contributed by atoms with Gasteiger partial charge in [0.25, 0.3) is 0 Å². The summed E-state index contributed by atoms with van der Waals surface area (Å²) in [7, 11) is 0. The smallest absolute Gasteiger partial charge is 0.0465 e. The maximum Gasteiger partial charge on any atom is 0.0465 e. The van der Waals surface area contributed by atoms with E-state index in [1.165, 1.54) is 44.1 Å². The van der Waals surface area contributed by atoms with Crippen LogP contribution in [0.25, 0.3) is 0 Å². The van der Waals surface area contributed by atoms with Gasteiger partial charge in [-0.2, -0.15) is 0 Å². The maximum absolute atomic E-state index is 6.32. The van der Waals surface area contributed by atoms with Crippen LogP contribution in [0.5, 0.6) is 0 Å². The second kappa shape index (κ2) is 7.36. The Balaban J connectivity index is 1.58. The summed E-state index contributed by atoms with van der Waals surface area (Å²) >= 11 is 0. The number of rotatable bonds is 6. The predicted molar refractivity (Wildman–Crippen MR) is 96.9 cm³/mol. The van der Waals surface area contributed by atoms with Crippen molar-refractivity contribution in [2.24, 2.45) is 11.7 Å². The lowest BCUT2D eigenvalue weighted by molar-refractivity contribution is 0.138. The highest BCUT2D eigenvalue weighted by Crippen LogP contribution is 2.40. The van der Waals surface area contributed by atoms with Crippen LogP contribution in [0.15, 0.2) is 18.2 Å². The van der Waals surface area contributed by atoms with Crippen LogP contribution in [0.2, 0.25) is 0 Å². The zero-order valence-corrected chi connectivity index (χ0v) is 14.9. The number of aryl methyl sites for hydroxylation is 1. The SMILES string of the molecule is CCOCCC[C@@H]1CCc2cc([C@H]3CC[C@@](C)(N)C3)ccc2C1. The van der Waals surface area contributed by atoms with Gasteiger partial charge in [0.15, 0.2) is 0 Å². The van der Waals surface area contributed by atoms with Crippen molar-refractivity contribution in [1.29, 1.82) is 0 Å². The van der Waals surface area contributed by atoms with E-state index in [4.69, 9.17) is 10.5 Å². The second-order valence-electron chi connectivity index (χ2n) is 8.07. The van der Waals surface area contributed by atoms with Crippen LogP contribution in [-0.2, 0) is 17.6 Å². The monoisotopic (exact) mass is 315 g/mol. The third-order valence-corrected chi connectivity index (χ3v) is 5.91. The average Bonchev–Trinajstić information content (AvgIpc) is 2.91. The number of benzene rings is 1. The first-order valence-electron chi connectivity index (χ1n) is 9.56. The molecule has 2 aliphatic carbocycles. The van der Waals surface area contributed by atoms with Crippen molar-refractivity contribution in [2.45, 2.75) is 76.7 Å². The quantitative estimate of drug-likeness (QED) is 0.779. The highest BCUT2D eigenvalue weighted by molar-refractivity contribution is 5.36. The van der Waals surface area contributed by atoms with E-state index in [1.807, 2.05) is 0 Å². The van der Waals surface area contributed by atoms with Gasteiger partial charge in [-0.25, -0.2) is 0 Å². The molecule has 2 nitrogen and oxygen atoms in total. The van der Waals surface area contributed by atoms with Crippen LogP contribution in [0.3, 0.4) is 0 Å². The van der Waals surface area contributed by atoms with Gasteiger partial charge in [0.05, 0.1) is 0 Å². The lowest BCUT2D eigenvalue weighted by atomic mass is 9.80. The van der Waals surface area contributed by atoms with E-state index in [9.17, 15) is 0 Å². The Bertz CT molecular complexity index is 523. The van der Waals surface area contributed by atoms with Crippen molar-refractivity contribution >= 4 is 0 Å². The summed E-state index contributed by atoms with van der Waals surface area (Å²) in [5.41, 5.74) is 11.1. The van der Waals surface area contributed by atoms with E-state index in [-0.39, 0.29) is 5.54 Å². The first-order chi connectivity index (χ1) is 11.1. The molecule has 0 radical (unpaired) electrons. The van der Waals surface area contributed by atoms with Crippen LogP contribution < -0.4 is 5.73 Å². The van der Waals surface area contributed by atoms with Gasteiger partial charge in [0, 0.05) is 18.8 Å². The first-order valence-corrected chi connectivity index (χ1v) is 9.56. The zero-order chi connectivity index (χ0) is 16.3. The topological polar surface area (TPSA) is 35.2 Å². The number of ether oxygens (including phenoxy) is 1. The molecule has 128 valence electrons. The molecule has 2 aliphatic rings. The van der Waals surface area contributed by atoms with Crippen LogP contribution >= 0.6 is 0 Å². The van der Waals surface area contributed by atoms with Crippen LogP contribution in [0.4, 0.5) is 0 Å². The van der Waals surface area contributed by atoms with Crippen LogP contribution in [0, 0.1) is 5.92 Å². The van der Waals surface area contributed by atoms with Gasteiger partial charge >= 0.3 is 0 Å². The minimum Gasteiger partial charge on any atom is -0.382 e. The third kappa shape index (κ3) is 4.36. The summed E-state index contributed by atoms with van der Waals surface area (Å²) in [6.07, 6.45) is 9.96. The fourth-order valence-electron chi connectivity index (χ4n) is 4.52. The Hall–Kier alpha value is -0.860. The van der Waals surface area contributed by atoms with E-state index in [1.54, 1.807) is 11.1 Å². The molecule has 1 saturated carbocycles. The first kappa shape index (κ1) is 17.0. The average molecular weight is 316 g/mol. The van der Waals surface area contributed by atoms with Gasteiger partial charge in [-0.15, -0.1) is 0 Å². The second-order valence-corrected chi connectivity index (χ2v) is 8.07. The van der Waals surface area contributed by atoms with Gasteiger partial charge in [0.2, 0.25) is 0 Å². The predicted octanol–water partition coefficient (Wildman–Crippen LogP) is 4.59. The Labute approximate surface area is 141 Å². The molecule has 2 N–H and O–H groups in total. The Morgan fingerprint density at radius 2 is 2.13 bits per heavy atom. The minimum atomic E-state index is 0.0478. The molecule has 1 aromatic rings. The van der Waals surface area contributed by atoms with Gasteiger partial charge in [-0.05, 0) is 93.7 Å². The standard InChI is InChI=1S/C21H33NO/c1-3-23-12-4-5-16-6-7-18-14-19(9-8-17(18)13-16)20-10-11-21(2,22)15-20/h8-9,14,16,20H,3-7,10-13,15,22H2,1-2H3/t16-,20+,21-/m1/s1. The highest BCUT2D eigenvalue weighted by Gasteiger charge is 2.32. The van der Waals surface area contributed by atoms with E-state index in [0.29, 0.717) is 5.92 Å². The van der Waals surface area contributed by atoms with Gasteiger partial charge in [-0.1, -0.05) is 18.2 Å². The van der Waals surface area contributed by atoms with Crippen LogP contribution in [-0.4, -0.2) is 18.8 Å². The normalized spacial score (nSPS) is 30.4. The molecule has 0 aliphatic heterocycles. The summed E-state index contributed by atoms with van der Waals surface area (Å²) in [6, 6.07) is 7.29.